The quantitative estimate of drug-likeness (QED) is 0.631. The Balaban J connectivity index is 2.27. The second kappa shape index (κ2) is 9.43. The highest BCUT2D eigenvalue weighted by molar-refractivity contribution is 7.90. The van der Waals surface area contributed by atoms with Crippen LogP contribution in [0, 0.1) is 0 Å². The van der Waals surface area contributed by atoms with Gasteiger partial charge in [-0.1, -0.05) is 30.7 Å². The van der Waals surface area contributed by atoms with Crippen molar-refractivity contribution < 1.29 is 22.7 Å². The lowest BCUT2D eigenvalue weighted by molar-refractivity contribution is -0.119. The smallest absolute Gasteiger partial charge is 0.320 e. The summed E-state index contributed by atoms with van der Waals surface area (Å²) in [7, 11) is -2.76. The summed E-state index contributed by atoms with van der Waals surface area (Å²) >= 11 is 5.80. The summed E-state index contributed by atoms with van der Waals surface area (Å²) in [5, 5.41) is 3.89. The minimum Gasteiger partial charge on any atom is -0.497 e. The molecule has 1 unspecified atom stereocenters. The number of rotatable bonds is 7. The van der Waals surface area contributed by atoms with E-state index in [4.69, 9.17) is 16.3 Å². The standard InChI is InChI=1S/C18H20ClN3O5S/c1-3-16(23)22-28(25,26)17(12-4-10-15(27-2)11-5-12)21-18(24)20-14-8-6-13(19)7-9-14/h4-11,17H,3H2,1-2H3,(H,22,23)(H2,20,21,24). The molecule has 0 saturated carbocycles. The van der Waals surface area contributed by atoms with Gasteiger partial charge in [0.05, 0.1) is 7.11 Å². The number of carbonyl (C=O) groups excluding carboxylic acids is 2. The molecule has 0 aliphatic carbocycles. The largest absolute Gasteiger partial charge is 0.497 e. The summed E-state index contributed by atoms with van der Waals surface area (Å²) in [4.78, 5) is 24.0. The molecular weight excluding hydrogens is 406 g/mol. The van der Waals surface area contributed by atoms with Gasteiger partial charge in [0.1, 0.15) is 5.75 Å². The molecule has 0 heterocycles. The zero-order valence-corrected chi connectivity index (χ0v) is 16.8. The maximum absolute atomic E-state index is 12.7. The van der Waals surface area contributed by atoms with Crippen LogP contribution in [0.15, 0.2) is 48.5 Å². The lowest BCUT2D eigenvalue weighted by Crippen LogP contribution is -2.43. The Labute approximate surface area is 168 Å². The molecule has 3 amide bonds. The minimum atomic E-state index is -4.23. The van der Waals surface area contributed by atoms with Gasteiger partial charge in [0.25, 0.3) is 10.0 Å². The zero-order valence-electron chi connectivity index (χ0n) is 15.2. The number of halogens is 1. The van der Waals surface area contributed by atoms with Gasteiger partial charge in [0, 0.05) is 17.1 Å². The average Bonchev–Trinajstić information content (AvgIpc) is 2.67. The molecule has 0 fully saturated rings. The van der Waals surface area contributed by atoms with Gasteiger partial charge in [0.2, 0.25) is 5.91 Å². The zero-order chi connectivity index (χ0) is 20.7. The number of ether oxygens (including phenoxy) is 1. The SMILES string of the molecule is CCC(=O)NS(=O)(=O)C(NC(=O)Nc1ccc(Cl)cc1)c1ccc(OC)cc1. The molecule has 150 valence electrons. The van der Waals surface area contributed by atoms with Gasteiger partial charge in [-0.25, -0.2) is 13.2 Å². The average molecular weight is 426 g/mol. The normalized spacial score (nSPS) is 12.0. The molecule has 3 N–H and O–H groups in total. The first-order chi connectivity index (χ1) is 13.2. The Hall–Kier alpha value is -2.78. The van der Waals surface area contributed by atoms with Crippen molar-refractivity contribution in [1.82, 2.24) is 10.0 Å². The second-order valence-corrected chi connectivity index (χ2v) is 7.88. The molecule has 2 aromatic rings. The first-order valence-electron chi connectivity index (χ1n) is 8.26. The van der Waals surface area contributed by atoms with E-state index in [1.54, 1.807) is 36.4 Å². The number of amides is 3. The molecule has 0 aromatic heterocycles. The summed E-state index contributed by atoms with van der Waals surface area (Å²) < 4.78 is 32.3. The van der Waals surface area contributed by atoms with E-state index in [9.17, 15) is 18.0 Å². The van der Waals surface area contributed by atoms with E-state index in [1.807, 2.05) is 4.72 Å². The predicted molar refractivity (Wildman–Crippen MR) is 107 cm³/mol. The fourth-order valence-electron chi connectivity index (χ4n) is 2.23. The lowest BCUT2D eigenvalue weighted by Gasteiger charge is -2.20. The highest BCUT2D eigenvalue weighted by atomic mass is 35.5. The second-order valence-electron chi connectivity index (χ2n) is 5.68. The lowest BCUT2D eigenvalue weighted by atomic mass is 10.2. The van der Waals surface area contributed by atoms with Crippen molar-refractivity contribution in [2.24, 2.45) is 0 Å². The number of carbonyl (C=O) groups is 2. The number of hydrogen-bond acceptors (Lipinski definition) is 5. The van der Waals surface area contributed by atoms with E-state index in [0.29, 0.717) is 16.5 Å². The summed E-state index contributed by atoms with van der Waals surface area (Å²) in [5.41, 5.74) is 0.675. The van der Waals surface area contributed by atoms with Crippen molar-refractivity contribution >= 4 is 39.2 Å². The first kappa shape index (κ1) is 21.5. The molecule has 2 rings (SSSR count). The number of nitrogens with one attached hydrogen (secondary N) is 3. The molecule has 0 saturated heterocycles. The topological polar surface area (TPSA) is 114 Å². The van der Waals surface area contributed by atoms with Crippen LogP contribution in [-0.2, 0) is 14.8 Å². The van der Waals surface area contributed by atoms with Crippen molar-refractivity contribution in [2.45, 2.75) is 18.7 Å². The Morgan fingerprint density at radius 1 is 1.07 bits per heavy atom. The van der Waals surface area contributed by atoms with Crippen molar-refractivity contribution in [2.75, 3.05) is 12.4 Å². The fourth-order valence-corrected chi connectivity index (χ4v) is 3.71. The molecule has 1 atom stereocenters. The Kier molecular flexibility index (Phi) is 7.24. The number of methoxy groups -OCH3 is 1. The van der Waals surface area contributed by atoms with Crippen LogP contribution < -0.4 is 20.1 Å². The Bertz CT molecular complexity index is 931. The summed E-state index contributed by atoms with van der Waals surface area (Å²) in [6.07, 6.45) is -0.0223. The van der Waals surface area contributed by atoms with Crippen molar-refractivity contribution in [3.8, 4) is 5.75 Å². The van der Waals surface area contributed by atoms with Crippen LogP contribution in [0.4, 0.5) is 10.5 Å². The van der Waals surface area contributed by atoms with Gasteiger partial charge in [-0.15, -0.1) is 0 Å². The molecule has 8 nitrogen and oxygen atoms in total. The molecule has 0 bridgehead atoms. The van der Waals surface area contributed by atoms with Crippen LogP contribution in [0.1, 0.15) is 24.3 Å². The van der Waals surface area contributed by atoms with E-state index >= 15 is 0 Å². The molecule has 28 heavy (non-hydrogen) atoms. The van der Waals surface area contributed by atoms with E-state index in [-0.39, 0.29) is 12.0 Å². The number of sulfonamides is 1. The molecule has 10 heteroatoms. The van der Waals surface area contributed by atoms with E-state index in [0.717, 1.165) is 0 Å². The number of hydrogen-bond donors (Lipinski definition) is 3. The van der Waals surface area contributed by atoms with Gasteiger partial charge in [-0.2, -0.15) is 0 Å². The fraction of sp³-hybridized carbons (Fsp3) is 0.222. The Morgan fingerprint density at radius 3 is 2.21 bits per heavy atom. The van der Waals surface area contributed by atoms with Crippen LogP contribution in [0.3, 0.4) is 0 Å². The summed E-state index contributed by atoms with van der Waals surface area (Å²) in [6.45, 7) is 1.52. The summed E-state index contributed by atoms with van der Waals surface area (Å²) in [6, 6.07) is 11.6. The van der Waals surface area contributed by atoms with Gasteiger partial charge in [-0.05, 0) is 42.0 Å². The minimum absolute atomic E-state index is 0.0223. The Morgan fingerprint density at radius 2 is 1.68 bits per heavy atom. The van der Waals surface area contributed by atoms with Crippen molar-refractivity contribution in [3.05, 3.63) is 59.1 Å². The van der Waals surface area contributed by atoms with E-state index < -0.39 is 27.3 Å². The van der Waals surface area contributed by atoms with Gasteiger partial charge >= 0.3 is 6.03 Å². The van der Waals surface area contributed by atoms with Crippen LogP contribution in [0.2, 0.25) is 5.02 Å². The monoisotopic (exact) mass is 425 g/mol. The molecule has 0 aliphatic rings. The number of anilines is 1. The van der Waals surface area contributed by atoms with Gasteiger partial charge < -0.3 is 15.4 Å². The highest BCUT2D eigenvalue weighted by Crippen LogP contribution is 2.22. The highest BCUT2D eigenvalue weighted by Gasteiger charge is 2.30. The number of benzene rings is 2. The van der Waals surface area contributed by atoms with Crippen LogP contribution >= 0.6 is 11.6 Å². The van der Waals surface area contributed by atoms with E-state index in [2.05, 4.69) is 10.6 Å². The van der Waals surface area contributed by atoms with Crippen molar-refractivity contribution in [3.63, 3.8) is 0 Å². The third-order valence-electron chi connectivity index (χ3n) is 3.67. The number of urea groups is 1. The molecule has 2 aromatic carbocycles. The molecule has 0 aliphatic heterocycles. The third-order valence-corrected chi connectivity index (χ3v) is 5.45. The van der Waals surface area contributed by atoms with Gasteiger partial charge in [-0.3, -0.25) is 9.52 Å². The third kappa shape index (κ3) is 5.86. The van der Waals surface area contributed by atoms with Crippen LogP contribution in [-0.4, -0.2) is 27.5 Å². The summed E-state index contributed by atoms with van der Waals surface area (Å²) in [5.74, 6) is -0.165. The van der Waals surface area contributed by atoms with Crippen LogP contribution in [0.25, 0.3) is 0 Å². The molecule has 0 spiro atoms. The molecular formula is C18H20ClN3O5S. The first-order valence-corrected chi connectivity index (χ1v) is 10.2. The van der Waals surface area contributed by atoms with Crippen molar-refractivity contribution in [1.29, 1.82) is 0 Å². The predicted octanol–water partition coefficient (Wildman–Crippen LogP) is 3.02. The maximum Gasteiger partial charge on any atom is 0.320 e. The van der Waals surface area contributed by atoms with E-state index in [1.165, 1.54) is 26.2 Å². The van der Waals surface area contributed by atoms with Gasteiger partial charge in [0.15, 0.2) is 5.37 Å². The molecule has 0 radical (unpaired) electrons. The van der Waals surface area contributed by atoms with Crippen LogP contribution in [0.5, 0.6) is 5.75 Å². The maximum atomic E-state index is 12.7.